The largest absolute Gasteiger partial charge is 0.508 e. The molecule has 0 aliphatic rings. The molecule has 0 unspecified atom stereocenters. The molecule has 2 N–H and O–H groups in total. The zero-order valence-corrected chi connectivity index (χ0v) is 12.6. The summed E-state index contributed by atoms with van der Waals surface area (Å²) in [6.07, 6.45) is 0.979. The third kappa shape index (κ3) is 3.42. The van der Waals surface area contributed by atoms with Crippen molar-refractivity contribution in [3.8, 4) is 5.75 Å². The number of nitrogens with one attached hydrogen (secondary N) is 1. The van der Waals surface area contributed by atoms with Gasteiger partial charge in [0.25, 0.3) is 0 Å². The fraction of sp³-hybridized carbons (Fsp3) is 0.412. The predicted molar refractivity (Wildman–Crippen MR) is 83.1 cm³/mol. The van der Waals surface area contributed by atoms with Gasteiger partial charge in [-0.2, -0.15) is 0 Å². The molecule has 1 aromatic heterocycles. The first-order valence-corrected chi connectivity index (χ1v) is 7.26. The Morgan fingerprint density at radius 2 is 1.85 bits per heavy atom. The van der Waals surface area contributed by atoms with Crippen molar-refractivity contribution < 1.29 is 5.11 Å². The molecule has 1 aromatic carbocycles. The number of benzene rings is 1. The van der Waals surface area contributed by atoms with E-state index < -0.39 is 0 Å². The van der Waals surface area contributed by atoms with Crippen LogP contribution in [0.4, 0.5) is 0 Å². The van der Waals surface area contributed by atoms with Crippen molar-refractivity contribution in [1.29, 1.82) is 0 Å². The molecule has 3 heteroatoms. The van der Waals surface area contributed by atoms with Crippen LogP contribution in [0.15, 0.2) is 30.3 Å². The Labute approximate surface area is 121 Å². The number of phenols is 1. The highest BCUT2D eigenvalue weighted by Crippen LogP contribution is 2.14. The van der Waals surface area contributed by atoms with E-state index in [1.54, 1.807) is 12.1 Å². The van der Waals surface area contributed by atoms with E-state index in [-0.39, 0.29) is 0 Å². The predicted octanol–water partition coefficient (Wildman–Crippen LogP) is 3.16. The maximum Gasteiger partial charge on any atom is 0.115 e. The second-order valence-electron chi connectivity index (χ2n) is 5.23. The van der Waals surface area contributed by atoms with Gasteiger partial charge in [-0.15, -0.1) is 0 Å². The van der Waals surface area contributed by atoms with E-state index in [1.165, 1.54) is 22.5 Å². The lowest BCUT2D eigenvalue weighted by molar-refractivity contribution is 0.475. The Kier molecular flexibility index (Phi) is 4.85. The zero-order chi connectivity index (χ0) is 14.5. The number of phenolic OH excluding ortho intramolecular Hbond substituents is 1. The smallest absolute Gasteiger partial charge is 0.115 e. The maximum absolute atomic E-state index is 9.24. The van der Waals surface area contributed by atoms with Gasteiger partial charge in [0, 0.05) is 24.5 Å². The number of hydrogen-bond acceptors (Lipinski definition) is 2. The zero-order valence-electron chi connectivity index (χ0n) is 12.6. The number of nitrogens with zero attached hydrogens (tertiary/aromatic N) is 1. The van der Waals surface area contributed by atoms with Crippen LogP contribution in [0.1, 0.15) is 29.4 Å². The molecule has 0 saturated carbocycles. The van der Waals surface area contributed by atoms with E-state index in [4.69, 9.17) is 0 Å². The summed E-state index contributed by atoms with van der Waals surface area (Å²) < 4.78 is 2.34. The Hall–Kier alpha value is -1.74. The van der Waals surface area contributed by atoms with Gasteiger partial charge in [-0.05, 0) is 63.1 Å². The standard InChI is InChI=1S/C17H24N2O/c1-4-19-13(2)11-16(14(19)3)12-18-10-9-15-5-7-17(20)8-6-15/h5-8,11,18,20H,4,9-10,12H2,1-3H3. The molecule has 20 heavy (non-hydrogen) atoms. The number of hydrogen-bond donors (Lipinski definition) is 2. The number of aromatic hydroxyl groups is 1. The van der Waals surface area contributed by atoms with Crippen LogP contribution in [0.3, 0.4) is 0 Å². The highest BCUT2D eigenvalue weighted by molar-refractivity contribution is 5.27. The SMILES string of the molecule is CCn1c(C)cc(CNCCc2ccc(O)cc2)c1C. The lowest BCUT2D eigenvalue weighted by Gasteiger charge is -2.07. The van der Waals surface area contributed by atoms with Gasteiger partial charge in [0.2, 0.25) is 0 Å². The van der Waals surface area contributed by atoms with Crippen molar-refractivity contribution in [2.24, 2.45) is 0 Å². The van der Waals surface area contributed by atoms with Crippen LogP contribution in [0, 0.1) is 13.8 Å². The van der Waals surface area contributed by atoms with Gasteiger partial charge in [0.15, 0.2) is 0 Å². The van der Waals surface area contributed by atoms with Crippen LogP contribution < -0.4 is 5.32 Å². The van der Waals surface area contributed by atoms with Crippen molar-refractivity contribution in [2.75, 3.05) is 6.54 Å². The molecular formula is C17H24N2O. The van der Waals surface area contributed by atoms with Crippen molar-refractivity contribution in [2.45, 2.75) is 40.3 Å². The summed E-state index contributed by atoms with van der Waals surface area (Å²) in [5.74, 6) is 0.328. The Balaban J connectivity index is 1.83. The van der Waals surface area contributed by atoms with E-state index >= 15 is 0 Å². The summed E-state index contributed by atoms with van der Waals surface area (Å²) in [7, 11) is 0. The molecular weight excluding hydrogens is 248 g/mol. The van der Waals surface area contributed by atoms with E-state index in [1.807, 2.05) is 12.1 Å². The van der Waals surface area contributed by atoms with Crippen LogP contribution >= 0.6 is 0 Å². The third-order valence-electron chi connectivity index (χ3n) is 3.84. The van der Waals surface area contributed by atoms with E-state index in [2.05, 4.69) is 36.7 Å². The molecule has 108 valence electrons. The number of aryl methyl sites for hydroxylation is 1. The summed E-state index contributed by atoms with van der Waals surface area (Å²) in [6, 6.07) is 9.70. The molecule has 0 fully saturated rings. The summed E-state index contributed by atoms with van der Waals surface area (Å²) in [4.78, 5) is 0. The van der Waals surface area contributed by atoms with Crippen LogP contribution in [0.2, 0.25) is 0 Å². The molecule has 0 saturated heterocycles. The molecule has 0 aliphatic heterocycles. The summed E-state index contributed by atoms with van der Waals surface area (Å²) in [5, 5.41) is 12.7. The summed E-state index contributed by atoms with van der Waals surface area (Å²) >= 11 is 0. The van der Waals surface area contributed by atoms with Crippen molar-refractivity contribution in [3.05, 3.63) is 52.8 Å². The van der Waals surface area contributed by atoms with Crippen LogP contribution in [-0.2, 0) is 19.5 Å². The fourth-order valence-corrected chi connectivity index (χ4v) is 2.66. The van der Waals surface area contributed by atoms with E-state index in [9.17, 15) is 5.11 Å². The quantitative estimate of drug-likeness (QED) is 0.793. The summed E-state index contributed by atoms with van der Waals surface area (Å²) in [5.41, 5.74) is 5.33. The normalized spacial score (nSPS) is 10.9. The minimum Gasteiger partial charge on any atom is -0.508 e. The first-order chi connectivity index (χ1) is 9.61. The third-order valence-corrected chi connectivity index (χ3v) is 3.84. The molecule has 0 bridgehead atoms. The molecule has 3 nitrogen and oxygen atoms in total. The van der Waals surface area contributed by atoms with Crippen LogP contribution in [0.5, 0.6) is 5.75 Å². The van der Waals surface area contributed by atoms with Crippen molar-refractivity contribution in [1.82, 2.24) is 9.88 Å². The average Bonchev–Trinajstić information content (AvgIpc) is 2.71. The molecule has 0 amide bonds. The van der Waals surface area contributed by atoms with Crippen molar-refractivity contribution >= 4 is 0 Å². The number of rotatable bonds is 6. The molecule has 1 heterocycles. The lowest BCUT2D eigenvalue weighted by atomic mass is 10.1. The second-order valence-corrected chi connectivity index (χ2v) is 5.23. The van der Waals surface area contributed by atoms with E-state index in [0.29, 0.717) is 5.75 Å². The van der Waals surface area contributed by atoms with Crippen LogP contribution in [-0.4, -0.2) is 16.2 Å². The highest BCUT2D eigenvalue weighted by Gasteiger charge is 2.06. The highest BCUT2D eigenvalue weighted by atomic mass is 16.3. The molecule has 0 radical (unpaired) electrons. The van der Waals surface area contributed by atoms with Gasteiger partial charge >= 0.3 is 0 Å². The molecule has 2 aromatic rings. The Morgan fingerprint density at radius 3 is 2.45 bits per heavy atom. The van der Waals surface area contributed by atoms with Gasteiger partial charge in [0.05, 0.1) is 0 Å². The fourth-order valence-electron chi connectivity index (χ4n) is 2.66. The average molecular weight is 272 g/mol. The van der Waals surface area contributed by atoms with Crippen LogP contribution in [0.25, 0.3) is 0 Å². The molecule has 0 spiro atoms. The Bertz CT molecular complexity index is 555. The monoisotopic (exact) mass is 272 g/mol. The molecule has 2 rings (SSSR count). The minimum absolute atomic E-state index is 0.328. The van der Waals surface area contributed by atoms with Gasteiger partial charge in [0.1, 0.15) is 5.75 Å². The second kappa shape index (κ2) is 6.62. The Morgan fingerprint density at radius 1 is 1.15 bits per heavy atom. The maximum atomic E-state index is 9.24. The van der Waals surface area contributed by atoms with Gasteiger partial charge < -0.3 is 15.0 Å². The topological polar surface area (TPSA) is 37.2 Å². The van der Waals surface area contributed by atoms with Crippen molar-refractivity contribution in [3.63, 3.8) is 0 Å². The molecule has 0 atom stereocenters. The van der Waals surface area contributed by atoms with E-state index in [0.717, 1.165) is 26.1 Å². The first-order valence-electron chi connectivity index (χ1n) is 7.26. The number of aromatic nitrogens is 1. The van der Waals surface area contributed by atoms with Gasteiger partial charge in [-0.25, -0.2) is 0 Å². The summed E-state index contributed by atoms with van der Waals surface area (Å²) in [6.45, 7) is 9.43. The van der Waals surface area contributed by atoms with Gasteiger partial charge in [-0.1, -0.05) is 12.1 Å². The molecule has 0 aliphatic carbocycles. The first kappa shape index (κ1) is 14.7. The minimum atomic E-state index is 0.328. The lowest BCUT2D eigenvalue weighted by Crippen LogP contribution is -2.17. The van der Waals surface area contributed by atoms with Gasteiger partial charge in [-0.3, -0.25) is 0 Å².